The zero-order chi connectivity index (χ0) is 16.0. The van der Waals surface area contributed by atoms with E-state index in [-0.39, 0.29) is 0 Å². The highest BCUT2D eigenvalue weighted by atomic mass is 35.5. The van der Waals surface area contributed by atoms with Gasteiger partial charge in [-0.3, -0.25) is 0 Å². The molecule has 0 spiro atoms. The minimum absolute atomic E-state index is 0.307. The molecule has 0 aliphatic carbocycles. The number of alkyl halides is 1. The molecule has 1 atom stereocenters. The number of halogens is 1. The summed E-state index contributed by atoms with van der Waals surface area (Å²) in [5, 5.41) is 8.39. The first-order chi connectivity index (χ1) is 9.95. The Morgan fingerprint density at radius 1 is 0.810 bits per heavy atom. The summed E-state index contributed by atoms with van der Waals surface area (Å²) in [4.78, 5) is -0.550. The highest BCUT2D eigenvalue weighted by Gasteiger charge is 2.10. The number of nitrogens with zero attached hydrogens (tertiary/aromatic N) is 2. The predicted molar refractivity (Wildman–Crippen MR) is 95.3 cm³/mol. The molecule has 0 amide bonds. The SMILES string of the molecule is CCCCCCCCCCCCCC(C)/N=N/C(C)(C)Cl. The summed E-state index contributed by atoms with van der Waals surface area (Å²) >= 11 is 5.99. The third kappa shape index (κ3) is 17.8. The minimum Gasteiger partial charge on any atom is -0.189 e. The Hall–Kier alpha value is -0.110. The summed E-state index contributed by atoms with van der Waals surface area (Å²) in [6.45, 7) is 8.14. The lowest BCUT2D eigenvalue weighted by Gasteiger charge is -2.10. The Kier molecular flexibility index (Phi) is 13.5. The predicted octanol–water partition coefficient (Wildman–Crippen LogP) is 7.50. The first kappa shape index (κ1) is 20.9. The van der Waals surface area contributed by atoms with Crippen molar-refractivity contribution in [3.05, 3.63) is 0 Å². The molecular formula is C18H37ClN2. The van der Waals surface area contributed by atoms with E-state index in [4.69, 9.17) is 11.6 Å². The van der Waals surface area contributed by atoms with Crippen molar-refractivity contribution in [1.82, 2.24) is 0 Å². The lowest BCUT2D eigenvalue weighted by Crippen LogP contribution is -2.06. The maximum absolute atomic E-state index is 5.99. The summed E-state index contributed by atoms with van der Waals surface area (Å²) in [6.07, 6.45) is 16.4. The van der Waals surface area contributed by atoms with Crippen LogP contribution in [0.5, 0.6) is 0 Å². The Labute approximate surface area is 138 Å². The smallest absolute Gasteiger partial charge is 0.149 e. The number of hydrogen-bond acceptors (Lipinski definition) is 2. The van der Waals surface area contributed by atoms with Crippen LogP contribution in [-0.4, -0.2) is 11.0 Å². The second kappa shape index (κ2) is 13.5. The quantitative estimate of drug-likeness (QED) is 0.137. The molecule has 3 heteroatoms. The van der Waals surface area contributed by atoms with E-state index in [9.17, 15) is 0 Å². The zero-order valence-electron chi connectivity index (χ0n) is 14.8. The van der Waals surface area contributed by atoms with Crippen LogP contribution in [0.3, 0.4) is 0 Å². The van der Waals surface area contributed by atoms with Gasteiger partial charge in [-0.15, -0.1) is 0 Å². The fourth-order valence-corrected chi connectivity index (χ4v) is 2.44. The lowest BCUT2D eigenvalue weighted by molar-refractivity contribution is 0.516. The van der Waals surface area contributed by atoms with Crippen LogP contribution in [0.15, 0.2) is 10.2 Å². The van der Waals surface area contributed by atoms with Gasteiger partial charge in [0, 0.05) is 0 Å². The van der Waals surface area contributed by atoms with Crippen LogP contribution in [0.2, 0.25) is 0 Å². The molecule has 0 aromatic carbocycles. The maximum atomic E-state index is 5.99. The second-order valence-electron chi connectivity index (χ2n) is 6.80. The largest absolute Gasteiger partial charge is 0.189 e. The minimum atomic E-state index is -0.550. The molecule has 0 aromatic heterocycles. The van der Waals surface area contributed by atoms with Crippen LogP contribution >= 0.6 is 11.6 Å². The molecular weight excluding hydrogens is 280 g/mol. The summed E-state index contributed by atoms with van der Waals surface area (Å²) in [5.41, 5.74) is 0. The number of hydrogen-bond donors (Lipinski definition) is 0. The fourth-order valence-electron chi connectivity index (χ4n) is 2.40. The van der Waals surface area contributed by atoms with E-state index in [2.05, 4.69) is 24.1 Å². The average Bonchev–Trinajstić information content (AvgIpc) is 2.42. The normalized spacial score (nSPS) is 14.0. The molecule has 0 N–H and O–H groups in total. The van der Waals surface area contributed by atoms with E-state index < -0.39 is 5.00 Å². The lowest BCUT2D eigenvalue weighted by atomic mass is 10.0. The monoisotopic (exact) mass is 316 g/mol. The standard InChI is InChI=1S/C18H37ClN2/c1-5-6-7-8-9-10-11-12-13-14-15-16-17(2)20-21-18(3,4)19/h17H,5-16H2,1-4H3/b21-20+. The average molecular weight is 317 g/mol. The van der Waals surface area contributed by atoms with Crippen molar-refractivity contribution < 1.29 is 0 Å². The fraction of sp³-hybridized carbons (Fsp3) is 1.00. The van der Waals surface area contributed by atoms with Crippen LogP contribution in [0.4, 0.5) is 0 Å². The molecule has 1 unspecified atom stereocenters. The van der Waals surface area contributed by atoms with Gasteiger partial charge in [-0.25, -0.2) is 0 Å². The van der Waals surface area contributed by atoms with Crippen LogP contribution in [0.1, 0.15) is 105 Å². The molecule has 0 radical (unpaired) electrons. The van der Waals surface area contributed by atoms with Gasteiger partial charge in [0.25, 0.3) is 0 Å². The van der Waals surface area contributed by atoms with Crippen molar-refractivity contribution in [2.45, 2.75) is 116 Å². The van der Waals surface area contributed by atoms with Crippen molar-refractivity contribution >= 4 is 11.6 Å². The highest BCUT2D eigenvalue weighted by molar-refractivity contribution is 6.23. The zero-order valence-corrected chi connectivity index (χ0v) is 15.6. The van der Waals surface area contributed by atoms with Crippen molar-refractivity contribution in [2.24, 2.45) is 10.2 Å². The van der Waals surface area contributed by atoms with Gasteiger partial charge in [0.1, 0.15) is 5.00 Å². The Morgan fingerprint density at radius 2 is 1.24 bits per heavy atom. The molecule has 0 heterocycles. The summed E-state index contributed by atoms with van der Waals surface area (Å²) in [6, 6.07) is 0.307. The third-order valence-electron chi connectivity index (χ3n) is 3.72. The first-order valence-corrected chi connectivity index (χ1v) is 9.44. The van der Waals surface area contributed by atoms with Crippen LogP contribution < -0.4 is 0 Å². The number of rotatable bonds is 14. The van der Waals surface area contributed by atoms with Crippen molar-refractivity contribution in [3.63, 3.8) is 0 Å². The molecule has 0 fully saturated rings. The van der Waals surface area contributed by atoms with Gasteiger partial charge in [0.2, 0.25) is 0 Å². The molecule has 2 nitrogen and oxygen atoms in total. The summed E-state index contributed by atoms with van der Waals surface area (Å²) < 4.78 is 0. The van der Waals surface area contributed by atoms with Gasteiger partial charge in [-0.05, 0) is 27.2 Å². The van der Waals surface area contributed by atoms with Gasteiger partial charge in [-0.2, -0.15) is 10.2 Å². The summed E-state index contributed by atoms with van der Waals surface area (Å²) in [5.74, 6) is 0. The van der Waals surface area contributed by atoms with Crippen molar-refractivity contribution in [3.8, 4) is 0 Å². The molecule has 0 saturated heterocycles. The van der Waals surface area contributed by atoms with Gasteiger partial charge in [-0.1, -0.05) is 89.2 Å². The van der Waals surface area contributed by atoms with Crippen LogP contribution in [0, 0.1) is 0 Å². The molecule has 0 rings (SSSR count). The Bertz CT molecular complexity index is 246. The van der Waals surface area contributed by atoms with E-state index in [0.29, 0.717) is 6.04 Å². The molecule has 21 heavy (non-hydrogen) atoms. The number of unbranched alkanes of at least 4 members (excludes halogenated alkanes) is 10. The van der Waals surface area contributed by atoms with E-state index in [0.717, 1.165) is 6.42 Å². The van der Waals surface area contributed by atoms with Crippen molar-refractivity contribution in [1.29, 1.82) is 0 Å². The number of azo groups is 1. The maximum Gasteiger partial charge on any atom is 0.149 e. The Morgan fingerprint density at radius 3 is 1.67 bits per heavy atom. The highest BCUT2D eigenvalue weighted by Crippen LogP contribution is 2.17. The second-order valence-corrected chi connectivity index (χ2v) is 7.72. The van der Waals surface area contributed by atoms with Crippen LogP contribution in [0.25, 0.3) is 0 Å². The van der Waals surface area contributed by atoms with E-state index in [1.54, 1.807) is 0 Å². The van der Waals surface area contributed by atoms with Gasteiger partial charge < -0.3 is 0 Å². The molecule has 0 saturated carbocycles. The molecule has 0 aromatic rings. The third-order valence-corrected chi connectivity index (χ3v) is 3.79. The van der Waals surface area contributed by atoms with E-state index >= 15 is 0 Å². The van der Waals surface area contributed by atoms with E-state index in [1.807, 2.05) is 13.8 Å². The van der Waals surface area contributed by atoms with Gasteiger partial charge >= 0.3 is 0 Å². The van der Waals surface area contributed by atoms with Crippen LogP contribution in [-0.2, 0) is 0 Å². The molecule has 126 valence electrons. The van der Waals surface area contributed by atoms with Crippen molar-refractivity contribution in [2.75, 3.05) is 0 Å². The van der Waals surface area contributed by atoms with E-state index in [1.165, 1.54) is 70.6 Å². The first-order valence-electron chi connectivity index (χ1n) is 9.06. The van der Waals surface area contributed by atoms with Gasteiger partial charge in [0.05, 0.1) is 6.04 Å². The Balaban J connectivity index is 3.27. The molecule has 0 aliphatic rings. The van der Waals surface area contributed by atoms with Gasteiger partial charge in [0.15, 0.2) is 0 Å². The molecule has 0 aliphatic heterocycles. The molecule has 0 bridgehead atoms. The summed E-state index contributed by atoms with van der Waals surface area (Å²) in [7, 11) is 0. The topological polar surface area (TPSA) is 24.7 Å².